The van der Waals surface area contributed by atoms with Crippen molar-refractivity contribution in [3.63, 3.8) is 0 Å². The minimum atomic E-state index is -1.31. The van der Waals surface area contributed by atoms with Crippen molar-refractivity contribution in [1.29, 1.82) is 0 Å². The number of hydrogen-bond donors (Lipinski definition) is 2. The lowest BCUT2D eigenvalue weighted by atomic mass is 10.1. The Balaban J connectivity index is 2.00. The first-order valence-corrected chi connectivity index (χ1v) is 7.13. The van der Waals surface area contributed by atoms with Gasteiger partial charge < -0.3 is 10.1 Å². The maximum Gasteiger partial charge on any atom is 0.252 e. The van der Waals surface area contributed by atoms with Gasteiger partial charge in [-0.05, 0) is 12.1 Å². The van der Waals surface area contributed by atoms with E-state index in [1.54, 1.807) is 24.3 Å². The second-order valence-corrected chi connectivity index (χ2v) is 5.08. The first-order chi connectivity index (χ1) is 12.0. The third kappa shape index (κ3) is 3.63. The normalized spacial score (nSPS) is 10.6. The molecular formula is C17H12F3N3O2. The summed E-state index contributed by atoms with van der Waals surface area (Å²) < 4.78 is 45.1. The lowest BCUT2D eigenvalue weighted by Gasteiger charge is -2.09. The molecule has 2 N–H and O–H groups in total. The van der Waals surface area contributed by atoms with Gasteiger partial charge in [-0.3, -0.25) is 9.78 Å². The molecule has 0 bridgehead atoms. The third-order valence-corrected chi connectivity index (χ3v) is 3.37. The number of anilines is 2. The van der Waals surface area contributed by atoms with Crippen LogP contribution in [-0.4, -0.2) is 17.1 Å². The van der Waals surface area contributed by atoms with E-state index in [9.17, 15) is 18.0 Å². The van der Waals surface area contributed by atoms with Gasteiger partial charge in [0.15, 0.2) is 11.6 Å². The Hall–Kier alpha value is -3.29. The van der Waals surface area contributed by atoms with E-state index in [4.69, 9.17) is 4.74 Å². The Morgan fingerprint density at radius 1 is 1.04 bits per heavy atom. The molecule has 0 spiro atoms. The van der Waals surface area contributed by atoms with Crippen LogP contribution in [0.2, 0.25) is 0 Å². The fourth-order valence-electron chi connectivity index (χ4n) is 2.19. The molecule has 1 aromatic heterocycles. The predicted octanol–water partition coefficient (Wildman–Crippen LogP) is 3.61. The lowest BCUT2D eigenvalue weighted by molar-refractivity contribution is 0.415. The second kappa shape index (κ2) is 6.68. The van der Waals surface area contributed by atoms with E-state index in [0.29, 0.717) is 29.1 Å². The highest BCUT2D eigenvalue weighted by atomic mass is 19.2. The van der Waals surface area contributed by atoms with E-state index in [1.165, 1.54) is 13.2 Å². The fraction of sp³-hybridized carbons (Fsp3) is 0.0588. The van der Waals surface area contributed by atoms with Crippen LogP contribution in [0, 0.1) is 17.5 Å². The lowest BCUT2D eigenvalue weighted by Crippen LogP contribution is -2.11. The van der Waals surface area contributed by atoms with Crippen molar-refractivity contribution in [2.45, 2.75) is 0 Å². The van der Waals surface area contributed by atoms with E-state index < -0.39 is 23.0 Å². The van der Waals surface area contributed by atoms with Crippen molar-refractivity contribution >= 4 is 11.6 Å². The number of ether oxygens (including phenoxy) is 1. The van der Waals surface area contributed by atoms with E-state index in [2.05, 4.69) is 15.3 Å². The van der Waals surface area contributed by atoms with Crippen molar-refractivity contribution in [3.8, 4) is 17.0 Å². The minimum Gasteiger partial charge on any atom is -0.497 e. The molecule has 0 saturated heterocycles. The second-order valence-electron chi connectivity index (χ2n) is 5.08. The summed E-state index contributed by atoms with van der Waals surface area (Å²) in [6, 6.07) is 9.13. The number of methoxy groups -OCH3 is 1. The average molecular weight is 347 g/mol. The molecule has 1 heterocycles. The van der Waals surface area contributed by atoms with E-state index >= 15 is 0 Å². The van der Waals surface area contributed by atoms with Crippen LogP contribution in [0.4, 0.5) is 24.8 Å². The molecule has 0 atom stereocenters. The van der Waals surface area contributed by atoms with Crippen LogP contribution in [0.1, 0.15) is 0 Å². The monoisotopic (exact) mass is 347 g/mol. The first kappa shape index (κ1) is 16.6. The number of aromatic nitrogens is 2. The van der Waals surface area contributed by atoms with E-state index in [0.717, 1.165) is 0 Å². The maximum absolute atomic E-state index is 13.7. The van der Waals surface area contributed by atoms with Gasteiger partial charge in [0.05, 0.1) is 18.5 Å². The number of nitrogens with one attached hydrogen (secondary N) is 2. The zero-order valence-electron chi connectivity index (χ0n) is 12.9. The number of H-pyrrole nitrogens is 1. The van der Waals surface area contributed by atoms with Crippen molar-refractivity contribution < 1.29 is 17.9 Å². The molecule has 0 saturated carbocycles. The van der Waals surface area contributed by atoms with Gasteiger partial charge in [0.2, 0.25) is 5.95 Å². The molecule has 5 nitrogen and oxygen atoms in total. The Labute approximate surface area is 140 Å². The van der Waals surface area contributed by atoms with Gasteiger partial charge in [0.25, 0.3) is 5.56 Å². The zero-order chi connectivity index (χ0) is 18.0. The quantitative estimate of drug-likeness (QED) is 0.708. The predicted molar refractivity (Wildman–Crippen MR) is 86.4 cm³/mol. The minimum absolute atomic E-state index is 0.116. The van der Waals surface area contributed by atoms with Crippen LogP contribution in [-0.2, 0) is 0 Å². The van der Waals surface area contributed by atoms with Crippen LogP contribution in [0.3, 0.4) is 0 Å². The molecule has 3 aromatic rings. The number of halogens is 3. The zero-order valence-corrected chi connectivity index (χ0v) is 12.9. The standard InChI is InChI=1S/C17H12F3N3O2/c1-25-10-4-2-3-9(5-10)14-8-16(24)23-17(21-14)22-15-7-12(19)11(18)6-13(15)20/h2-8H,1H3,(H2,21,22,23,24). The Kier molecular flexibility index (Phi) is 4.42. The molecule has 2 aromatic carbocycles. The van der Waals surface area contributed by atoms with Crippen molar-refractivity contribution in [3.05, 3.63) is 70.3 Å². The van der Waals surface area contributed by atoms with E-state index in [-0.39, 0.29) is 11.6 Å². The van der Waals surface area contributed by atoms with Gasteiger partial charge >= 0.3 is 0 Å². The summed E-state index contributed by atoms with van der Waals surface area (Å²) in [5, 5.41) is 2.44. The number of aromatic amines is 1. The van der Waals surface area contributed by atoms with Gasteiger partial charge in [-0.1, -0.05) is 12.1 Å². The molecule has 0 aliphatic rings. The average Bonchev–Trinajstić information content (AvgIpc) is 2.59. The highest BCUT2D eigenvalue weighted by Crippen LogP contribution is 2.24. The summed E-state index contributed by atoms with van der Waals surface area (Å²) in [6.07, 6.45) is 0. The molecule has 25 heavy (non-hydrogen) atoms. The van der Waals surface area contributed by atoms with Crippen molar-refractivity contribution in [1.82, 2.24) is 9.97 Å². The van der Waals surface area contributed by atoms with Crippen LogP contribution in [0.5, 0.6) is 5.75 Å². The molecular weight excluding hydrogens is 335 g/mol. The Bertz CT molecular complexity index is 989. The molecule has 0 amide bonds. The molecule has 0 radical (unpaired) electrons. The Morgan fingerprint density at radius 2 is 1.80 bits per heavy atom. The number of benzene rings is 2. The van der Waals surface area contributed by atoms with Crippen LogP contribution >= 0.6 is 0 Å². The summed E-state index contributed by atoms with van der Waals surface area (Å²) in [7, 11) is 1.50. The smallest absolute Gasteiger partial charge is 0.252 e. The summed E-state index contributed by atoms with van der Waals surface area (Å²) in [6.45, 7) is 0. The number of hydrogen-bond acceptors (Lipinski definition) is 4. The van der Waals surface area contributed by atoms with Gasteiger partial charge in [-0.2, -0.15) is 0 Å². The molecule has 8 heteroatoms. The van der Waals surface area contributed by atoms with Gasteiger partial charge in [-0.25, -0.2) is 18.2 Å². The van der Waals surface area contributed by atoms with Crippen molar-refractivity contribution in [2.24, 2.45) is 0 Å². The van der Waals surface area contributed by atoms with Gasteiger partial charge in [0.1, 0.15) is 11.6 Å². The molecule has 0 aliphatic heterocycles. The van der Waals surface area contributed by atoms with Crippen LogP contribution in [0.15, 0.2) is 47.3 Å². The molecule has 0 aliphatic carbocycles. The van der Waals surface area contributed by atoms with E-state index in [1.807, 2.05) is 0 Å². The summed E-state index contributed by atoms with van der Waals surface area (Å²) in [5.41, 5.74) is 0.0376. The molecule has 3 rings (SSSR count). The number of rotatable bonds is 4. The highest BCUT2D eigenvalue weighted by molar-refractivity contribution is 5.63. The van der Waals surface area contributed by atoms with Crippen molar-refractivity contribution in [2.75, 3.05) is 12.4 Å². The van der Waals surface area contributed by atoms with Gasteiger partial charge in [0, 0.05) is 23.8 Å². The van der Waals surface area contributed by atoms with Crippen LogP contribution in [0.25, 0.3) is 11.3 Å². The topological polar surface area (TPSA) is 67.0 Å². The van der Waals surface area contributed by atoms with Crippen LogP contribution < -0.4 is 15.6 Å². The SMILES string of the molecule is COc1cccc(-c2cc(=O)[nH]c(Nc3cc(F)c(F)cc3F)n2)c1. The summed E-state index contributed by atoms with van der Waals surface area (Å²) in [5.74, 6) is -3.10. The first-order valence-electron chi connectivity index (χ1n) is 7.13. The highest BCUT2D eigenvalue weighted by Gasteiger charge is 2.12. The summed E-state index contributed by atoms with van der Waals surface area (Å²) >= 11 is 0. The fourth-order valence-corrected chi connectivity index (χ4v) is 2.19. The van der Waals surface area contributed by atoms with Gasteiger partial charge in [-0.15, -0.1) is 0 Å². The third-order valence-electron chi connectivity index (χ3n) is 3.37. The number of nitrogens with zero attached hydrogens (tertiary/aromatic N) is 1. The molecule has 0 unspecified atom stereocenters. The molecule has 128 valence electrons. The maximum atomic E-state index is 13.7. The summed E-state index contributed by atoms with van der Waals surface area (Å²) in [4.78, 5) is 18.4. The largest absolute Gasteiger partial charge is 0.497 e. The molecule has 0 fully saturated rings. The Morgan fingerprint density at radius 3 is 2.56 bits per heavy atom.